The first-order chi connectivity index (χ1) is 9.15. The van der Waals surface area contributed by atoms with E-state index in [-0.39, 0.29) is 0 Å². The predicted molar refractivity (Wildman–Crippen MR) is 79.2 cm³/mol. The number of benzene rings is 1. The Balaban J connectivity index is 1.78. The third-order valence-corrected chi connectivity index (χ3v) is 4.28. The largest absolute Gasteiger partial charge is 0.298 e. The highest BCUT2D eigenvalue weighted by Crippen LogP contribution is 2.26. The van der Waals surface area contributed by atoms with Crippen LogP contribution in [-0.4, -0.2) is 30.3 Å². The van der Waals surface area contributed by atoms with Gasteiger partial charge in [-0.05, 0) is 44.2 Å². The lowest BCUT2D eigenvalue weighted by molar-refractivity contribution is -0.119. The fourth-order valence-electron chi connectivity index (χ4n) is 2.97. The van der Waals surface area contributed by atoms with Gasteiger partial charge in [0, 0.05) is 12.5 Å². The topological polar surface area (TPSA) is 20.3 Å². The van der Waals surface area contributed by atoms with Crippen LogP contribution in [0.1, 0.15) is 38.2 Å². The van der Waals surface area contributed by atoms with E-state index in [0.29, 0.717) is 24.8 Å². The molecule has 0 spiro atoms. The molecule has 1 aromatic carbocycles. The van der Waals surface area contributed by atoms with Crippen molar-refractivity contribution in [3.8, 4) is 0 Å². The Bertz CT molecular complexity index is 393. The molecular formula is C17H25NO. The first-order valence-electron chi connectivity index (χ1n) is 7.41. The molecule has 0 heterocycles. The minimum atomic E-state index is 0.326. The molecule has 2 rings (SSSR count). The summed E-state index contributed by atoms with van der Waals surface area (Å²) in [5.74, 6) is 1.19. The molecular weight excluding hydrogens is 234 g/mol. The summed E-state index contributed by atoms with van der Waals surface area (Å²) in [7, 11) is 2.10. The molecule has 1 aliphatic carbocycles. The van der Waals surface area contributed by atoms with E-state index >= 15 is 0 Å². The van der Waals surface area contributed by atoms with E-state index in [0.717, 1.165) is 11.5 Å². The molecule has 0 aliphatic heterocycles. The lowest BCUT2D eigenvalue weighted by atomic mass is 9.86. The smallest absolute Gasteiger partial charge is 0.151 e. The molecule has 1 fully saturated rings. The van der Waals surface area contributed by atoms with E-state index in [9.17, 15) is 4.79 Å². The first-order valence-corrected chi connectivity index (χ1v) is 7.41. The van der Waals surface area contributed by atoms with Gasteiger partial charge in [-0.3, -0.25) is 9.69 Å². The van der Waals surface area contributed by atoms with Gasteiger partial charge >= 0.3 is 0 Å². The van der Waals surface area contributed by atoms with Gasteiger partial charge in [0.25, 0.3) is 0 Å². The molecule has 1 aliphatic rings. The van der Waals surface area contributed by atoms with E-state index in [4.69, 9.17) is 0 Å². The molecule has 0 N–H and O–H groups in total. The van der Waals surface area contributed by atoms with E-state index in [2.05, 4.69) is 18.9 Å². The summed E-state index contributed by atoms with van der Waals surface area (Å²) < 4.78 is 0. The SMILES string of the molecule is CC1CCC(N(C)CC(=O)Cc2ccccc2)CC1. The number of rotatable bonds is 5. The van der Waals surface area contributed by atoms with Crippen molar-refractivity contribution in [2.75, 3.05) is 13.6 Å². The van der Waals surface area contributed by atoms with Crippen LogP contribution < -0.4 is 0 Å². The van der Waals surface area contributed by atoms with Gasteiger partial charge < -0.3 is 0 Å². The van der Waals surface area contributed by atoms with Crippen LogP contribution in [0.4, 0.5) is 0 Å². The Morgan fingerprint density at radius 3 is 2.42 bits per heavy atom. The van der Waals surface area contributed by atoms with Crippen LogP contribution in [0.15, 0.2) is 30.3 Å². The Morgan fingerprint density at radius 1 is 1.16 bits per heavy atom. The molecule has 0 atom stereocenters. The van der Waals surface area contributed by atoms with E-state index in [1.54, 1.807) is 0 Å². The zero-order valence-electron chi connectivity index (χ0n) is 12.1. The minimum absolute atomic E-state index is 0.326. The molecule has 0 bridgehead atoms. The number of hydrogen-bond donors (Lipinski definition) is 0. The van der Waals surface area contributed by atoms with E-state index in [1.807, 2.05) is 30.3 Å². The summed E-state index contributed by atoms with van der Waals surface area (Å²) in [5, 5.41) is 0. The molecule has 2 heteroatoms. The fraction of sp³-hybridized carbons (Fsp3) is 0.588. The average Bonchev–Trinajstić information content (AvgIpc) is 2.40. The molecule has 1 aromatic rings. The van der Waals surface area contributed by atoms with Gasteiger partial charge in [0.2, 0.25) is 0 Å². The number of likely N-dealkylation sites (N-methyl/N-ethyl adjacent to an activating group) is 1. The highest BCUT2D eigenvalue weighted by Gasteiger charge is 2.22. The zero-order chi connectivity index (χ0) is 13.7. The van der Waals surface area contributed by atoms with Crippen molar-refractivity contribution < 1.29 is 4.79 Å². The van der Waals surface area contributed by atoms with Crippen LogP contribution in [0.5, 0.6) is 0 Å². The highest BCUT2D eigenvalue weighted by atomic mass is 16.1. The van der Waals surface area contributed by atoms with Gasteiger partial charge in [0.05, 0.1) is 6.54 Å². The van der Waals surface area contributed by atoms with Gasteiger partial charge in [-0.25, -0.2) is 0 Å². The monoisotopic (exact) mass is 259 g/mol. The molecule has 19 heavy (non-hydrogen) atoms. The molecule has 104 valence electrons. The van der Waals surface area contributed by atoms with Crippen LogP contribution in [0.2, 0.25) is 0 Å². The Labute approximate surface area is 116 Å². The number of ketones is 1. The van der Waals surface area contributed by atoms with Crippen molar-refractivity contribution in [3.63, 3.8) is 0 Å². The Morgan fingerprint density at radius 2 is 1.79 bits per heavy atom. The van der Waals surface area contributed by atoms with Crippen molar-refractivity contribution in [3.05, 3.63) is 35.9 Å². The van der Waals surface area contributed by atoms with Gasteiger partial charge in [0.15, 0.2) is 5.78 Å². The number of carbonyl (C=O) groups excluding carboxylic acids is 1. The normalized spacial score (nSPS) is 23.5. The second-order valence-corrected chi connectivity index (χ2v) is 6.03. The summed E-state index contributed by atoms with van der Waals surface area (Å²) in [6.45, 7) is 2.92. The second-order valence-electron chi connectivity index (χ2n) is 6.03. The van der Waals surface area contributed by atoms with E-state index < -0.39 is 0 Å². The van der Waals surface area contributed by atoms with Gasteiger partial charge in [-0.15, -0.1) is 0 Å². The zero-order valence-corrected chi connectivity index (χ0v) is 12.1. The number of hydrogen-bond acceptors (Lipinski definition) is 2. The van der Waals surface area contributed by atoms with Crippen LogP contribution in [0.3, 0.4) is 0 Å². The van der Waals surface area contributed by atoms with Gasteiger partial charge in [0.1, 0.15) is 0 Å². The molecule has 1 saturated carbocycles. The fourth-order valence-corrected chi connectivity index (χ4v) is 2.97. The van der Waals surface area contributed by atoms with Crippen molar-refractivity contribution >= 4 is 5.78 Å². The first kappa shape index (κ1) is 14.3. The molecule has 2 nitrogen and oxygen atoms in total. The molecule has 0 aromatic heterocycles. The Hall–Kier alpha value is -1.15. The maximum absolute atomic E-state index is 12.1. The summed E-state index contributed by atoms with van der Waals surface area (Å²) in [4.78, 5) is 14.3. The lowest BCUT2D eigenvalue weighted by Gasteiger charge is -2.33. The van der Waals surface area contributed by atoms with Crippen molar-refractivity contribution in [2.45, 2.75) is 45.1 Å². The van der Waals surface area contributed by atoms with Crippen molar-refractivity contribution in [1.82, 2.24) is 4.90 Å². The Kier molecular flexibility index (Phi) is 5.15. The second kappa shape index (κ2) is 6.85. The molecule has 0 radical (unpaired) electrons. The van der Waals surface area contributed by atoms with Crippen LogP contribution in [0, 0.1) is 5.92 Å². The maximum Gasteiger partial charge on any atom is 0.151 e. The standard InChI is InChI=1S/C17H25NO/c1-14-8-10-16(11-9-14)18(2)13-17(19)12-15-6-4-3-5-7-15/h3-7,14,16H,8-13H2,1-2H3. The average molecular weight is 259 g/mol. The highest BCUT2D eigenvalue weighted by molar-refractivity contribution is 5.82. The molecule has 0 unspecified atom stereocenters. The summed E-state index contributed by atoms with van der Waals surface area (Å²) >= 11 is 0. The van der Waals surface area contributed by atoms with Crippen molar-refractivity contribution in [2.24, 2.45) is 5.92 Å². The summed E-state index contributed by atoms with van der Waals surface area (Å²) in [6, 6.07) is 10.6. The van der Waals surface area contributed by atoms with Crippen LogP contribution >= 0.6 is 0 Å². The van der Waals surface area contributed by atoms with Gasteiger partial charge in [-0.2, -0.15) is 0 Å². The number of Topliss-reactive ketones (excluding diaryl/α,β-unsaturated/α-hetero) is 1. The molecule has 0 saturated heterocycles. The third-order valence-electron chi connectivity index (χ3n) is 4.28. The third kappa shape index (κ3) is 4.46. The number of nitrogens with zero attached hydrogens (tertiary/aromatic N) is 1. The van der Waals surface area contributed by atoms with Crippen molar-refractivity contribution in [1.29, 1.82) is 0 Å². The summed E-state index contributed by atoms with van der Waals surface area (Å²) in [6.07, 6.45) is 5.67. The quantitative estimate of drug-likeness (QED) is 0.808. The lowest BCUT2D eigenvalue weighted by Crippen LogP contribution is -2.38. The number of carbonyl (C=O) groups is 1. The maximum atomic E-state index is 12.1. The predicted octanol–water partition coefficient (Wildman–Crippen LogP) is 3.31. The van der Waals surface area contributed by atoms with Gasteiger partial charge in [-0.1, -0.05) is 37.3 Å². The van der Waals surface area contributed by atoms with Crippen LogP contribution in [0.25, 0.3) is 0 Å². The van der Waals surface area contributed by atoms with Crippen LogP contribution in [-0.2, 0) is 11.2 Å². The van der Waals surface area contributed by atoms with E-state index in [1.165, 1.54) is 25.7 Å². The minimum Gasteiger partial charge on any atom is -0.298 e. The summed E-state index contributed by atoms with van der Waals surface area (Å²) in [5.41, 5.74) is 1.12. The molecule has 0 amide bonds.